The lowest BCUT2D eigenvalue weighted by Crippen LogP contribution is -2.48. The summed E-state index contributed by atoms with van der Waals surface area (Å²) in [6.07, 6.45) is 6.70. The highest BCUT2D eigenvalue weighted by atomic mass is 16.5. The Morgan fingerprint density at radius 3 is 3.06 bits per heavy atom. The molecule has 1 aliphatic rings. The van der Waals surface area contributed by atoms with Gasteiger partial charge in [0.2, 0.25) is 5.91 Å². The molecule has 0 saturated carbocycles. The maximum Gasteiger partial charge on any atom is 0.244 e. The Hall–Kier alpha value is -1.68. The summed E-state index contributed by atoms with van der Waals surface area (Å²) in [6, 6.07) is 3.74. The maximum atomic E-state index is 11.5. The van der Waals surface area contributed by atoms with Gasteiger partial charge < -0.3 is 10.1 Å². The van der Waals surface area contributed by atoms with E-state index in [1.165, 1.54) is 6.08 Å². The first kappa shape index (κ1) is 11.8. The maximum absolute atomic E-state index is 11.5. The molecule has 2 heterocycles. The van der Waals surface area contributed by atoms with E-state index in [1.807, 2.05) is 12.1 Å². The van der Waals surface area contributed by atoms with Crippen molar-refractivity contribution in [2.24, 2.45) is 5.41 Å². The second kappa shape index (κ2) is 5.10. The van der Waals surface area contributed by atoms with Gasteiger partial charge in [0.05, 0.1) is 13.2 Å². The first-order valence-electron chi connectivity index (χ1n) is 5.62. The van der Waals surface area contributed by atoms with E-state index in [2.05, 4.69) is 17.2 Å². The Labute approximate surface area is 101 Å². The van der Waals surface area contributed by atoms with E-state index in [4.69, 9.17) is 4.74 Å². The average molecular weight is 232 g/mol. The Kier molecular flexibility index (Phi) is 3.54. The van der Waals surface area contributed by atoms with Crippen molar-refractivity contribution < 1.29 is 9.53 Å². The van der Waals surface area contributed by atoms with Crippen LogP contribution in [-0.4, -0.2) is 30.6 Å². The van der Waals surface area contributed by atoms with Crippen molar-refractivity contribution in [1.29, 1.82) is 0 Å². The molecule has 0 bridgehead atoms. The molecular formula is C13H16N2O2. The van der Waals surface area contributed by atoms with Crippen LogP contribution >= 0.6 is 0 Å². The smallest absolute Gasteiger partial charge is 0.244 e. The van der Waals surface area contributed by atoms with Crippen LogP contribution in [-0.2, 0) is 9.53 Å². The van der Waals surface area contributed by atoms with Gasteiger partial charge in [-0.15, -0.1) is 0 Å². The van der Waals surface area contributed by atoms with Crippen LogP contribution in [0.25, 0.3) is 6.08 Å². The topological polar surface area (TPSA) is 51.2 Å². The number of amides is 1. The van der Waals surface area contributed by atoms with E-state index in [0.29, 0.717) is 6.54 Å². The third-order valence-electron chi connectivity index (χ3n) is 2.70. The van der Waals surface area contributed by atoms with E-state index in [1.54, 1.807) is 18.5 Å². The molecule has 0 spiro atoms. The molecule has 1 N–H and O–H groups in total. The molecule has 1 aromatic rings. The predicted octanol–water partition coefficient (Wildman–Crippen LogP) is 1.25. The number of carbonyl (C=O) groups is 1. The summed E-state index contributed by atoms with van der Waals surface area (Å²) in [5.41, 5.74) is 1.03. The number of rotatable bonds is 4. The summed E-state index contributed by atoms with van der Waals surface area (Å²) in [5.74, 6) is -0.0815. The highest BCUT2D eigenvalue weighted by Crippen LogP contribution is 2.24. The number of pyridine rings is 1. The van der Waals surface area contributed by atoms with Gasteiger partial charge in [-0.3, -0.25) is 9.78 Å². The van der Waals surface area contributed by atoms with Gasteiger partial charge in [0.1, 0.15) is 0 Å². The van der Waals surface area contributed by atoms with Gasteiger partial charge in [0.15, 0.2) is 0 Å². The van der Waals surface area contributed by atoms with Crippen LogP contribution in [0, 0.1) is 5.41 Å². The number of ether oxygens (including phenoxy) is 1. The van der Waals surface area contributed by atoms with Crippen LogP contribution in [0.3, 0.4) is 0 Å². The van der Waals surface area contributed by atoms with Crippen molar-refractivity contribution in [2.45, 2.75) is 6.92 Å². The van der Waals surface area contributed by atoms with Crippen molar-refractivity contribution in [2.75, 3.05) is 19.8 Å². The van der Waals surface area contributed by atoms with Gasteiger partial charge in [0.25, 0.3) is 0 Å². The molecule has 90 valence electrons. The second-order valence-corrected chi connectivity index (χ2v) is 4.64. The Morgan fingerprint density at radius 1 is 1.65 bits per heavy atom. The molecule has 2 rings (SSSR count). The normalized spacial score (nSPS) is 17.7. The molecule has 4 nitrogen and oxygen atoms in total. The van der Waals surface area contributed by atoms with Crippen molar-refractivity contribution in [3.63, 3.8) is 0 Å². The SMILES string of the molecule is CC1(CNC(=O)C=Cc2cccnc2)COC1. The third-order valence-corrected chi connectivity index (χ3v) is 2.70. The van der Waals surface area contributed by atoms with E-state index < -0.39 is 0 Å². The summed E-state index contributed by atoms with van der Waals surface area (Å²) in [6.45, 7) is 4.20. The Balaban J connectivity index is 1.79. The van der Waals surface area contributed by atoms with E-state index in [9.17, 15) is 4.79 Å². The fourth-order valence-corrected chi connectivity index (χ4v) is 1.56. The van der Waals surface area contributed by atoms with Crippen molar-refractivity contribution in [1.82, 2.24) is 10.3 Å². The molecule has 17 heavy (non-hydrogen) atoms. The molecule has 0 atom stereocenters. The predicted molar refractivity (Wildman–Crippen MR) is 65.2 cm³/mol. The van der Waals surface area contributed by atoms with Gasteiger partial charge in [-0.25, -0.2) is 0 Å². The lowest BCUT2D eigenvalue weighted by Gasteiger charge is -2.37. The molecule has 4 heteroatoms. The van der Waals surface area contributed by atoms with Gasteiger partial charge >= 0.3 is 0 Å². The van der Waals surface area contributed by atoms with Crippen molar-refractivity contribution >= 4 is 12.0 Å². The second-order valence-electron chi connectivity index (χ2n) is 4.64. The first-order valence-corrected chi connectivity index (χ1v) is 5.62. The van der Waals surface area contributed by atoms with Crippen LogP contribution in [0.5, 0.6) is 0 Å². The monoisotopic (exact) mass is 232 g/mol. The lowest BCUT2D eigenvalue weighted by molar-refractivity contribution is -0.122. The molecule has 0 unspecified atom stereocenters. The average Bonchev–Trinajstić information content (AvgIpc) is 2.33. The van der Waals surface area contributed by atoms with Crippen molar-refractivity contribution in [3.05, 3.63) is 36.2 Å². The minimum Gasteiger partial charge on any atom is -0.380 e. The molecule has 0 radical (unpaired) electrons. The molecule has 0 aliphatic carbocycles. The number of carbonyl (C=O) groups excluding carboxylic acids is 1. The standard InChI is InChI=1S/C13H16N2O2/c1-13(9-17-10-13)8-15-12(16)5-4-11-3-2-6-14-7-11/h2-7H,8-10H2,1H3,(H,15,16). The minimum atomic E-state index is -0.0815. The number of aromatic nitrogens is 1. The largest absolute Gasteiger partial charge is 0.380 e. The lowest BCUT2D eigenvalue weighted by atomic mass is 9.89. The molecule has 0 aromatic carbocycles. The number of nitrogens with one attached hydrogen (secondary N) is 1. The molecule has 1 aliphatic heterocycles. The van der Waals surface area contributed by atoms with E-state index >= 15 is 0 Å². The fraction of sp³-hybridized carbons (Fsp3) is 0.385. The summed E-state index contributed by atoms with van der Waals surface area (Å²) < 4.78 is 5.12. The summed E-state index contributed by atoms with van der Waals surface area (Å²) >= 11 is 0. The zero-order valence-electron chi connectivity index (χ0n) is 9.85. The fourth-order valence-electron chi connectivity index (χ4n) is 1.56. The Morgan fingerprint density at radius 2 is 2.47 bits per heavy atom. The van der Waals surface area contributed by atoms with Gasteiger partial charge in [-0.1, -0.05) is 13.0 Å². The van der Waals surface area contributed by atoms with Crippen molar-refractivity contribution in [3.8, 4) is 0 Å². The number of hydrogen-bond donors (Lipinski definition) is 1. The van der Waals surface area contributed by atoms with Crippen LogP contribution in [0.4, 0.5) is 0 Å². The molecule has 1 aromatic heterocycles. The van der Waals surface area contributed by atoms with Crippen LogP contribution in [0.15, 0.2) is 30.6 Å². The minimum absolute atomic E-state index is 0.0815. The zero-order valence-corrected chi connectivity index (χ0v) is 9.85. The summed E-state index contributed by atoms with van der Waals surface area (Å²) in [5, 5.41) is 2.87. The van der Waals surface area contributed by atoms with Gasteiger partial charge in [0, 0.05) is 30.4 Å². The molecular weight excluding hydrogens is 216 g/mol. The Bertz CT molecular complexity index is 411. The van der Waals surface area contributed by atoms with Crippen LogP contribution in [0.1, 0.15) is 12.5 Å². The van der Waals surface area contributed by atoms with E-state index in [0.717, 1.165) is 18.8 Å². The third kappa shape index (κ3) is 3.39. The molecule has 1 saturated heterocycles. The molecule has 1 amide bonds. The number of hydrogen-bond acceptors (Lipinski definition) is 3. The molecule has 1 fully saturated rings. The van der Waals surface area contributed by atoms with Crippen LogP contribution in [0.2, 0.25) is 0 Å². The van der Waals surface area contributed by atoms with E-state index in [-0.39, 0.29) is 11.3 Å². The summed E-state index contributed by atoms with van der Waals surface area (Å²) in [7, 11) is 0. The van der Waals surface area contributed by atoms with Gasteiger partial charge in [-0.2, -0.15) is 0 Å². The first-order chi connectivity index (χ1) is 8.18. The summed E-state index contributed by atoms with van der Waals surface area (Å²) in [4.78, 5) is 15.5. The van der Waals surface area contributed by atoms with Crippen LogP contribution < -0.4 is 5.32 Å². The zero-order chi connectivity index (χ0) is 12.1. The number of nitrogens with zero attached hydrogens (tertiary/aromatic N) is 1. The quantitative estimate of drug-likeness (QED) is 0.795. The highest BCUT2D eigenvalue weighted by molar-refractivity contribution is 5.91. The highest BCUT2D eigenvalue weighted by Gasteiger charge is 2.33. The van der Waals surface area contributed by atoms with Gasteiger partial charge in [-0.05, 0) is 17.7 Å².